The van der Waals surface area contributed by atoms with Gasteiger partial charge < -0.3 is 9.73 Å². The van der Waals surface area contributed by atoms with Crippen molar-refractivity contribution in [3.05, 3.63) is 100 Å². The van der Waals surface area contributed by atoms with Crippen LogP contribution in [0.15, 0.2) is 71.1 Å². The molecule has 0 aliphatic rings. The lowest BCUT2D eigenvalue weighted by Gasteiger charge is -2.05. The lowest BCUT2D eigenvalue weighted by Crippen LogP contribution is -2.11. The molecule has 1 heterocycles. The third kappa shape index (κ3) is 3.69. The van der Waals surface area contributed by atoms with Gasteiger partial charge >= 0.3 is 0 Å². The SMILES string of the molecule is Cc1ccc(C(=O)Nc2ccc3c(C)c(C(=O)c4ccc(C)cc4)oc3c2)cc1. The van der Waals surface area contributed by atoms with Gasteiger partial charge in [-0.25, -0.2) is 0 Å². The highest BCUT2D eigenvalue weighted by molar-refractivity contribution is 6.11. The van der Waals surface area contributed by atoms with E-state index in [1.54, 1.807) is 30.3 Å². The van der Waals surface area contributed by atoms with Gasteiger partial charge in [0.15, 0.2) is 5.76 Å². The van der Waals surface area contributed by atoms with E-state index in [0.717, 1.165) is 22.1 Å². The minimum absolute atomic E-state index is 0.149. The number of hydrogen-bond donors (Lipinski definition) is 1. The molecule has 0 spiro atoms. The highest BCUT2D eigenvalue weighted by Gasteiger charge is 2.19. The Balaban J connectivity index is 1.63. The van der Waals surface area contributed by atoms with Crippen molar-refractivity contribution in [3.8, 4) is 0 Å². The van der Waals surface area contributed by atoms with Crippen molar-refractivity contribution in [1.82, 2.24) is 0 Å². The lowest BCUT2D eigenvalue weighted by molar-refractivity contribution is 0.101. The Labute approximate surface area is 169 Å². The molecule has 1 aromatic heterocycles. The summed E-state index contributed by atoms with van der Waals surface area (Å²) in [5.74, 6) is -0.0154. The summed E-state index contributed by atoms with van der Waals surface area (Å²) in [6.45, 7) is 5.83. The zero-order valence-electron chi connectivity index (χ0n) is 16.6. The molecule has 4 aromatic rings. The Kier molecular flexibility index (Phi) is 4.77. The summed E-state index contributed by atoms with van der Waals surface area (Å²) in [4.78, 5) is 25.3. The second-order valence-corrected chi connectivity index (χ2v) is 7.28. The van der Waals surface area contributed by atoms with Crippen molar-refractivity contribution in [2.45, 2.75) is 20.8 Å². The molecule has 0 aliphatic carbocycles. The van der Waals surface area contributed by atoms with Crippen LogP contribution < -0.4 is 5.32 Å². The molecule has 0 unspecified atom stereocenters. The third-order valence-corrected chi connectivity index (χ3v) is 5.03. The molecule has 0 aliphatic heterocycles. The Morgan fingerprint density at radius 1 is 0.759 bits per heavy atom. The summed E-state index contributed by atoms with van der Waals surface area (Å²) < 4.78 is 5.89. The molecule has 0 atom stereocenters. The number of furan rings is 1. The van der Waals surface area contributed by atoms with Crippen LogP contribution in [-0.4, -0.2) is 11.7 Å². The van der Waals surface area contributed by atoms with Gasteiger partial charge in [-0.05, 0) is 45.0 Å². The van der Waals surface area contributed by atoms with Gasteiger partial charge in [0.05, 0.1) is 0 Å². The molecule has 0 fully saturated rings. The van der Waals surface area contributed by atoms with Crippen LogP contribution in [0.25, 0.3) is 11.0 Å². The smallest absolute Gasteiger partial charge is 0.255 e. The first-order valence-electron chi connectivity index (χ1n) is 9.45. The van der Waals surface area contributed by atoms with Crippen LogP contribution in [0, 0.1) is 20.8 Å². The van der Waals surface area contributed by atoms with E-state index in [1.165, 1.54) is 0 Å². The Morgan fingerprint density at radius 3 is 1.97 bits per heavy atom. The molecule has 3 aromatic carbocycles. The molecule has 29 heavy (non-hydrogen) atoms. The Bertz CT molecular complexity index is 1220. The molecule has 1 amide bonds. The standard InChI is InChI=1S/C25H21NO3/c1-15-4-8-18(9-5-15)23(27)24-17(3)21-13-12-20(14-22(21)29-24)26-25(28)19-10-6-16(2)7-11-19/h4-14H,1-3H3,(H,26,28). The molecule has 4 heteroatoms. The van der Waals surface area contributed by atoms with E-state index in [1.807, 2.05) is 57.2 Å². The van der Waals surface area contributed by atoms with Crippen LogP contribution in [0.4, 0.5) is 5.69 Å². The van der Waals surface area contributed by atoms with Crippen molar-refractivity contribution in [1.29, 1.82) is 0 Å². The molecular weight excluding hydrogens is 362 g/mol. The van der Waals surface area contributed by atoms with E-state index in [9.17, 15) is 9.59 Å². The van der Waals surface area contributed by atoms with Crippen LogP contribution in [0.3, 0.4) is 0 Å². The van der Waals surface area contributed by atoms with E-state index in [-0.39, 0.29) is 11.7 Å². The number of hydrogen-bond acceptors (Lipinski definition) is 3. The molecule has 0 saturated carbocycles. The second-order valence-electron chi connectivity index (χ2n) is 7.28. The molecule has 144 valence electrons. The van der Waals surface area contributed by atoms with E-state index in [2.05, 4.69) is 5.32 Å². The minimum atomic E-state index is -0.191. The van der Waals surface area contributed by atoms with Crippen molar-refractivity contribution in [2.24, 2.45) is 0 Å². The highest BCUT2D eigenvalue weighted by atomic mass is 16.3. The first-order valence-corrected chi connectivity index (χ1v) is 9.45. The number of benzene rings is 3. The topological polar surface area (TPSA) is 59.3 Å². The molecule has 4 nitrogen and oxygen atoms in total. The van der Waals surface area contributed by atoms with Crippen LogP contribution in [0.5, 0.6) is 0 Å². The number of carbonyl (C=O) groups excluding carboxylic acids is 2. The van der Waals surface area contributed by atoms with Gasteiger partial charge in [-0.3, -0.25) is 9.59 Å². The molecule has 0 radical (unpaired) electrons. The van der Waals surface area contributed by atoms with Crippen LogP contribution in [0.2, 0.25) is 0 Å². The van der Waals surface area contributed by atoms with Gasteiger partial charge in [0.2, 0.25) is 5.78 Å². The zero-order chi connectivity index (χ0) is 20.5. The van der Waals surface area contributed by atoms with E-state index < -0.39 is 0 Å². The Morgan fingerprint density at radius 2 is 1.34 bits per heavy atom. The summed E-state index contributed by atoms with van der Waals surface area (Å²) in [5, 5.41) is 3.74. The zero-order valence-corrected chi connectivity index (χ0v) is 16.6. The Hall–Kier alpha value is -3.66. The second kappa shape index (κ2) is 7.40. The number of amides is 1. The minimum Gasteiger partial charge on any atom is -0.452 e. The molecule has 4 rings (SSSR count). The number of rotatable bonds is 4. The maximum Gasteiger partial charge on any atom is 0.255 e. The fraction of sp³-hybridized carbons (Fsp3) is 0.120. The first kappa shape index (κ1) is 18.7. The van der Waals surface area contributed by atoms with Crippen LogP contribution in [-0.2, 0) is 0 Å². The number of fused-ring (bicyclic) bond motifs is 1. The summed E-state index contributed by atoms with van der Waals surface area (Å²) in [7, 11) is 0. The normalized spacial score (nSPS) is 10.9. The average molecular weight is 383 g/mol. The quantitative estimate of drug-likeness (QED) is 0.450. The van der Waals surface area contributed by atoms with E-state index in [0.29, 0.717) is 28.2 Å². The van der Waals surface area contributed by atoms with Gasteiger partial charge in [0, 0.05) is 33.8 Å². The average Bonchev–Trinajstić information content (AvgIpc) is 3.04. The predicted octanol–water partition coefficient (Wildman–Crippen LogP) is 5.84. The monoisotopic (exact) mass is 383 g/mol. The van der Waals surface area contributed by atoms with E-state index >= 15 is 0 Å². The van der Waals surface area contributed by atoms with Gasteiger partial charge in [-0.2, -0.15) is 0 Å². The van der Waals surface area contributed by atoms with Crippen molar-refractivity contribution in [3.63, 3.8) is 0 Å². The van der Waals surface area contributed by atoms with Crippen LogP contribution in [0.1, 0.15) is 43.2 Å². The maximum atomic E-state index is 12.9. The summed E-state index contributed by atoms with van der Waals surface area (Å²) in [5.41, 5.74) is 5.34. The van der Waals surface area contributed by atoms with Gasteiger partial charge in [-0.15, -0.1) is 0 Å². The number of carbonyl (C=O) groups is 2. The fourth-order valence-corrected chi connectivity index (χ4v) is 3.26. The number of aryl methyl sites for hydroxylation is 3. The summed E-state index contributed by atoms with van der Waals surface area (Å²) >= 11 is 0. The molecule has 1 N–H and O–H groups in total. The van der Waals surface area contributed by atoms with E-state index in [4.69, 9.17) is 4.42 Å². The largest absolute Gasteiger partial charge is 0.452 e. The highest BCUT2D eigenvalue weighted by Crippen LogP contribution is 2.29. The number of nitrogens with one attached hydrogen (secondary N) is 1. The van der Waals surface area contributed by atoms with Crippen molar-refractivity contribution >= 4 is 28.3 Å². The number of anilines is 1. The van der Waals surface area contributed by atoms with Gasteiger partial charge in [-0.1, -0.05) is 47.5 Å². The fourth-order valence-electron chi connectivity index (χ4n) is 3.26. The molecular formula is C25H21NO3. The predicted molar refractivity (Wildman–Crippen MR) is 115 cm³/mol. The van der Waals surface area contributed by atoms with Crippen LogP contribution >= 0.6 is 0 Å². The number of ketones is 1. The summed E-state index contributed by atoms with van der Waals surface area (Å²) in [6.07, 6.45) is 0. The maximum absolute atomic E-state index is 12.9. The third-order valence-electron chi connectivity index (χ3n) is 5.03. The van der Waals surface area contributed by atoms with Crippen molar-refractivity contribution in [2.75, 3.05) is 5.32 Å². The lowest BCUT2D eigenvalue weighted by atomic mass is 10.0. The van der Waals surface area contributed by atoms with Gasteiger partial charge in [0.1, 0.15) is 5.58 Å². The van der Waals surface area contributed by atoms with Crippen molar-refractivity contribution < 1.29 is 14.0 Å². The summed E-state index contributed by atoms with van der Waals surface area (Å²) in [6, 6.07) is 20.2. The first-order chi connectivity index (χ1) is 13.9. The van der Waals surface area contributed by atoms with Gasteiger partial charge in [0.25, 0.3) is 5.91 Å². The molecule has 0 bridgehead atoms. The molecule has 0 saturated heterocycles.